The molecule has 2 aromatic carbocycles. The molecule has 0 aliphatic heterocycles. The summed E-state index contributed by atoms with van der Waals surface area (Å²) in [4.78, 5) is 0. The molecule has 0 saturated carbocycles. The van der Waals surface area contributed by atoms with E-state index in [4.69, 9.17) is 4.74 Å². The molecule has 0 aliphatic carbocycles. The van der Waals surface area contributed by atoms with Crippen molar-refractivity contribution >= 4 is 0 Å². The van der Waals surface area contributed by atoms with Crippen LogP contribution in [0.2, 0.25) is 0 Å². The average Bonchev–Trinajstić information content (AvgIpc) is 2.56. The van der Waals surface area contributed by atoms with Gasteiger partial charge in [-0.2, -0.15) is 0 Å². The van der Waals surface area contributed by atoms with Crippen LogP contribution in [-0.4, -0.2) is 18.8 Å². The molecule has 0 aromatic heterocycles. The SMILES string of the molecule is CCC(NCC(O)c1ccc(OC)cc1)c1ccccc1. The molecule has 112 valence electrons. The minimum absolute atomic E-state index is 0.263. The lowest BCUT2D eigenvalue weighted by Gasteiger charge is -2.20. The number of benzene rings is 2. The van der Waals surface area contributed by atoms with E-state index in [1.807, 2.05) is 42.5 Å². The van der Waals surface area contributed by atoms with Gasteiger partial charge in [0.15, 0.2) is 0 Å². The van der Waals surface area contributed by atoms with Gasteiger partial charge >= 0.3 is 0 Å². The van der Waals surface area contributed by atoms with Crippen LogP contribution >= 0.6 is 0 Å². The Morgan fingerprint density at radius 2 is 1.67 bits per heavy atom. The third kappa shape index (κ3) is 4.31. The van der Waals surface area contributed by atoms with Crippen molar-refractivity contribution in [1.82, 2.24) is 5.32 Å². The van der Waals surface area contributed by atoms with Crippen molar-refractivity contribution in [2.45, 2.75) is 25.5 Å². The molecule has 21 heavy (non-hydrogen) atoms. The van der Waals surface area contributed by atoms with Crippen molar-refractivity contribution < 1.29 is 9.84 Å². The fourth-order valence-electron chi connectivity index (χ4n) is 2.38. The Morgan fingerprint density at radius 1 is 1.00 bits per heavy atom. The molecule has 0 fully saturated rings. The topological polar surface area (TPSA) is 41.5 Å². The number of hydrogen-bond donors (Lipinski definition) is 2. The van der Waals surface area contributed by atoms with Crippen LogP contribution < -0.4 is 10.1 Å². The van der Waals surface area contributed by atoms with E-state index >= 15 is 0 Å². The van der Waals surface area contributed by atoms with Gasteiger partial charge in [-0.3, -0.25) is 0 Å². The van der Waals surface area contributed by atoms with Crippen LogP contribution in [0.15, 0.2) is 54.6 Å². The van der Waals surface area contributed by atoms with Gasteiger partial charge in [0, 0.05) is 12.6 Å². The lowest BCUT2D eigenvalue weighted by molar-refractivity contribution is 0.169. The first-order valence-corrected chi connectivity index (χ1v) is 7.35. The van der Waals surface area contributed by atoms with Crippen LogP contribution in [0.25, 0.3) is 0 Å². The number of hydrogen-bond acceptors (Lipinski definition) is 3. The molecule has 0 saturated heterocycles. The van der Waals surface area contributed by atoms with Crippen molar-refractivity contribution in [2.75, 3.05) is 13.7 Å². The van der Waals surface area contributed by atoms with Crippen molar-refractivity contribution in [3.8, 4) is 5.75 Å². The number of aliphatic hydroxyl groups is 1. The maximum atomic E-state index is 10.3. The van der Waals surface area contributed by atoms with Gasteiger partial charge < -0.3 is 15.2 Å². The molecular weight excluding hydrogens is 262 g/mol. The van der Waals surface area contributed by atoms with Gasteiger partial charge in [-0.05, 0) is 29.7 Å². The van der Waals surface area contributed by atoms with Crippen LogP contribution in [-0.2, 0) is 0 Å². The maximum Gasteiger partial charge on any atom is 0.118 e. The zero-order valence-electron chi connectivity index (χ0n) is 12.6. The summed E-state index contributed by atoms with van der Waals surface area (Å²) >= 11 is 0. The van der Waals surface area contributed by atoms with Crippen molar-refractivity contribution in [1.29, 1.82) is 0 Å². The minimum atomic E-state index is -0.520. The Hall–Kier alpha value is -1.84. The second-order valence-electron chi connectivity index (χ2n) is 5.07. The molecule has 0 radical (unpaired) electrons. The number of methoxy groups -OCH3 is 1. The highest BCUT2D eigenvalue weighted by Gasteiger charge is 2.12. The maximum absolute atomic E-state index is 10.3. The highest BCUT2D eigenvalue weighted by atomic mass is 16.5. The highest BCUT2D eigenvalue weighted by molar-refractivity contribution is 5.28. The largest absolute Gasteiger partial charge is 0.497 e. The third-order valence-corrected chi connectivity index (χ3v) is 3.67. The molecule has 2 N–H and O–H groups in total. The molecule has 0 bridgehead atoms. The summed E-state index contributed by atoms with van der Waals surface area (Å²) in [6, 6.07) is 18.1. The first-order valence-electron chi connectivity index (χ1n) is 7.35. The van der Waals surface area contributed by atoms with E-state index in [9.17, 15) is 5.11 Å². The molecule has 0 heterocycles. The number of ether oxygens (including phenoxy) is 1. The molecular formula is C18H23NO2. The number of nitrogens with one attached hydrogen (secondary N) is 1. The minimum Gasteiger partial charge on any atom is -0.497 e. The molecule has 2 unspecified atom stereocenters. The molecule has 3 heteroatoms. The molecule has 2 atom stereocenters. The fourth-order valence-corrected chi connectivity index (χ4v) is 2.38. The van der Waals surface area contributed by atoms with Crippen LogP contribution in [0.3, 0.4) is 0 Å². The molecule has 2 aromatic rings. The van der Waals surface area contributed by atoms with Crippen molar-refractivity contribution in [2.24, 2.45) is 0 Å². The predicted molar refractivity (Wildman–Crippen MR) is 85.4 cm³/mol. The van der Waals surface area contributed by atoms with E-state index in [0.717, 1.165) is 17.7 Å². The zero-order valence-corrected chi connectivity index (χ0v) is 12.6. The quantitative estimate of drug-likeness (QED) is 0.818. The summed E-state index contributed by atoms with van der Waals surface area (Å²) < 4.78 is 5.13. The smallest absolute Gasteiger partial charge is 0.118 e. The van der Waals surface area contributed by atoms with Gasteiger partial charge in [0.2, 0.25) is 0 Å². The summed E-state index contributed by atoms with van der Waals surface area (Å²) in [6.45, 7) is 2.67. The van der Waals surface area contributed by atoms with E-state index in [1.54, 1.807) is 7.11 Å². The number of aliphatic hydroxyl groups excluding tert-OH is 1. The summed E-state index contributed by atoms with van der Waals surface area (Å²) in [5.74, 6) is 0.801. The monoisotopic (exact) mass is 285 g/mol. The van der Waals surface area contributed by atoms with E-state index in [1.165, 1.54) is 5.56 Å². The first kappa shape index (κ1) is 15.5. The third-order valence-electron chi connectivity index (χ3n) is 3.67. The zero-order chi connectivity index (χ0) is 15.1. The summed E-state index contributed by atoms with van der Waals surface area (Å²) in [6.07, 6.45) is 0.466. The van der Waals surface area contributed by atoms with Gasteiger partial charge in [0.25, 0.3) is 0 Å². The lowest BCUT2D eigenvalue weighted by Crippen LogP contribution is -2.26. The normalized spacial score (nSPS) is 13.7. The average molecular weight is 285 g/mol. The second-order valence-corrected chi connectivity index (χ2v) is 5.07. The Balaban J connectivity index is 1.94. The van der Waals surface area contributed by atoms with Crippen LogP contribution in [0.5, 0.6) is 5.75 Å². The van der Waals surface area contributed by atoms with Crippen molar-refractivity contribution in [3.63, 3.8) is 0 Å². The van der Waals surface area contributed by atoms with Crippen LogP contribution in [0, 0.1) is 0 Å². The summed E-state index contributed by atoms with van der Waals surface area (Å²) in [5, 5.41) is 13.7. The predicted octanol–water partition coefficient (Wildman–Crippen LogP) is 3.47. The summed E-state index contributed by atoms with van der Waals surface area (Å²) in [5.41, 5.74) is 2.15. The first-order chi connectivity index (χ1) is 10.2. The molecule has 3 nitrogen and oxygen atoms in total. The molecule has 0 spiro atoms. The standard InChI is InChI=1S/C18H23NO2/c1-3-17(14-7-5-4-6-8-14)19-13-18(20)15-9-11-16(21-2)12-10-15/h4-12,17-20H,3,13H2,1-2H3. The molecule has 0 amide bonds. The van der Waals surface area contributed by atoms with E-state index in [2.05, 4.69) is 24.4 Å². The van der Waals surface area contributed by atoms with Crippen LogP contribution in [0.1, 0.15) is 36.6 Å². The van der Waals surface area contributed by atoms with Gasteiger partial charge in [-0.1, -0.05) is 49.4 Å². The second kappa shape index (κ2) is 7.81. The Labute approximate surface area is 126 Å². The summed E-state index contributed by atoms with van der Waals surface area (Å²) in [7, 11) is 1.64. The number of rotatable bonds is 7. The molecule has 0 aliphatic rings. The van der Waals surface area contributed by atoms with Crippen LogP contribution in [0.4, 0.5) is 0 Å². The molecule has 2 rings (SSSR count). The Morgan fingerprint density at radius 3 is 2.24 bits per heavy atom. The van der Waals surface area contributed by atoms with Crippen molar-refractivity contribution in [3.05, 3.63) is 65.7 Å². The van der Waals surface area contributed by atoms with Gasteiger partial charge in [0.05, 0.1) is 13.2 Å². The fraction of sp³-hybridized carbons (Fsp3) is 0.333. The Kier molecular flexibility index (Phi) is 5.78. The van der Waals surface area contributed by atoms with E-state index < -0.39 is 6.10 Å². The lowest BCUT2D eigenvalue weighted by atomic mass is 10.0. The van der Waals surface area contributed by atoms with Gasteiger partial charge in [-0.15, -0.1) is 0 Å². The highest BCUT2D eigenvalue weighted by Crippen LogP contribution is 2.20. The van der Waals surface area contributed by atoms with Gasteiger partial charge in [-0.25, -0.2) is 0 Å². The van der Waals surface area contributed by atoms with E-state index in [0.29, 0.717) is 6.54 Å². The Bertz CT molecular complexity index is 525. The van der Waals surface area contributed by atoms with Gasteiger partial charge in [0.1, 0.15) is 5.75 Å². The van der Waals surface area contributed by atoms with E-state index in [-0.39, 0.29) is 6.04 Å².